The average Bonchev–Trinajstić information content (AvgIpc) is 3.23. The quantitative estimate of drug-likeness (QED) is 0.590. The number of esters is 1. The Balaban J connectivity index is 1.78. The number of methoxy groups -OCH3 is 1. The number of nitrogens with one attached hydrogen (secondary N) is 1. The first-order chi connectivity index (χ1) is 14.4. The molecule has 1 N–H and O–H groups in total. The van der Waals surface area contributed by atoms with Gasteiger partial charge in [0.15, 0.2) is 5.17 Å². The van der Waals surface area contributed by atoms with Crippen molar-refractivity contribution >= 4 is 57.6 Å². The summed E-state index contributed by atoms with van der Waals surface area (Å²) >= 11 is 0.978. The Hall–Kier alpha value is -3.72. The lowest BCUT2D eigenvalue weighted by molar-refractivity contribution is -0.122. The molecule has 1 fully saturated rings. The molecule has 2 aliphatic rings. The number of thioether (sulfide) groups is 1. The Bertz CT molecular complexity index is 1180. The molecule has 0 bridgehead atoms. The highest BCUT2D eigenvalue weighted by Gasteiger charge is 2.40. The van der Waals surface area contributed by atoms with E-state index in [2.05, 4.69) is 10.3 Å². The fourth-order valence-corrected chi connectivity index (χ4v) is 4.17. The number of ether oxygens (including phenoxy) is 1. The van der Waals surface area contributed by atoms with Gasteiger partial charge in [0.05, 0.1) is 34.5 Å². The lowest BCUT2D eigenvalue weighted by Gasteiger charge is -2.11. The van der Waals surface area contributed by atoms with E-state index in [0.717, 1.165) is 16.7 Å². The fourth-order valence-electron chi connectivity index (χ4n) is 3.25. The van der Waals surface area contributed by atoms with E-state index in [-0.39, 0.29) is 21.2 Å². The van der Waals surface area contributed by atoms with Crippen molar-refractivity contribution in [3.05, 3.63) is 64.6 Å². The van der Waals surface area contributed by atoms with E-state index in [1.165, 1.54) is 14.0 Å². The molecule has 0 spiro atoms. The summed E-state index contributed by atoms with van der Waals surface area (Å²) in [6, 6.07) is 13.3. The number of carbonyl (C=O) groups excluding carboxylic acids is 4. The van der Waals surface area contributed by atoms with E-state index in [4.69, 9.17) is 4.74 Å². The molecule has 1 saturated heterocycles. The number of amidine groups is 1. The van der Waals surface area contributed by atoms with Crippen molar-refractivity contribution in [3.8, 4) is 0 Å². The van der Waals surface area contributed by atoms with Crippen molar-refractivity contribution in [2.75, 3.05) is 12.0 Å². The van der Waals surface area contributed by atoms with Gasteiger partial charge in [0.25, 0.3) is 11.8 Å². The number of hydrogen-bond donors (Lipinski definition) is 1. The van der Waals surface area contributed by atoms with Crippen molar-refractivity contribution in [2.24, 2.45) is 4.99 Å². The van der Waals surface area contributed by atoms with Crippen molar-refractivity contribution in [1.82, 2.24) is 5.32 Å². The Morgan fingerprint density at radius 2 is 1.77 bits per heavy atom. The highest BCUT2D eigenvalue weighted by Crippen LogP contribution is 2.42. The molecule has 0 saturated carbocycles. The molecule has 8 nitrogen and oxygen atoms in total. The Morgan fingerprint density at radius 3 is 2.50 bits per heavy atom. The predicted octanol–water partition coefficient (Wildman–Crippen LogP) is 2.63. The lowest BCUT2D eigenvalue weighted by atomic mass is 10.1. The van der Waals surface area contributed by atoms with Gasteiger partial charge in [0, 0.05) is 12.5 Å². The molecule has 0 atom stereocenters. The summed E-state index contributed by atoms with van der Waals surface area (Å²) in [5.41, 5.74) is 1.66. The summed E-state index contributed by atoms with van der Waals surface area (Å²) in [6.45, 7) is 1.29. The van der Waals surface area contributed by atoms with Crippen molar-refractivity contribution in [1.29, 1.82) is 0 Å². The Kier molecular flexibility index (Phi) is 4.96. The van der Waals surface area contributed by atoms with Crippen LogP contribution in [-0.4, -0.2) is 36.0 Å². The number of aliphatic imine (C=N–C) groups is 1. The first kappa shape index (κ1) is 19.6. The summed E-state index contributed by atoms with van der Waals surface area (Å²) in [7, 11) is 1.27. The summed E-state index contributed by atoms with van der Waals surface area (Å²) in [5, 5.41) is 2.83. The summed E-state index contributed by atoms with van der Waals surface area (Å²) < 4.78 is 4.76. The SMILES string of the molecule is COC(=O)c1ccccc1N=C1NC(=O)/C(=C2/C(=O)N(C(C)=O)c3ccccc32)S1. The molecule has 2 aromatic rings. The van der Waals surface area contributed by atoms with Gasteiger partial charge in [-0.25, -0.2) is 14.7 Å². The molecule has 2 aromatic carbocycles. The van der Waals surface area contributed by atoms with Gasteiger partial charge < -0.3 is 10.1 Å². The smallest absolute Gasteiger partial charge is 0.340 e. The van der Waals surface area contributed by atoms with Crippen molar-refractivity contribution in [3.63, 3.8) is 0 Å². The second kappa shape index (κ2) is 7.60. The topological polar surface area (TPSA) is 105 Å². The first-order valence-corrected chi connectivity index (χ1v) is 9.68. The number of rotatable bonds is 2. The molecular weight excluding hydrogens is 406 g/mol. The predicted molar refractivity (Wildman–Crippen MR) is 112 cm³/mol. The van der Waals surface area contributed by atoms with Crippen LogP contribution in [0.3, 0.4) is 0 Å². The van der Waals surface area contributed by atoms with Crippen LogP contribution in [0.4, 0.5) is 11.4 Å². The molecule has 2 heterocycles. The molecule has 150 valence electrons. The van der Waals surface area contributed by atoms with Crippen LogP contribution in [0, 0.1) is 0 Å². The van der Waals surface area contributed by atoms with E-state index in [0.29, 0.717) is 16.9 Å². The van der Waals surface area contributed by atoms with Crippen LogP contribution in [-0.2, 0) is 19.1 Å². The van der Waals surface area contributed by atoms with Gasteiger partial charge in [-0.05, 0) is 30.0 Å². The van der Waals surface area contributed by atoms with Crippen LogP contribution in [0.25, 0.3) is 5.57 Å². The van der Waals surface area contributed by atoms with E-state index < -0.39 is 23.7 Å². The van der Waals surface area contributed by atoms with Gasteiger partial charge in [-0.2, -0.15) is 0 Å². The van der Waals surface area contributed by atoms with Crippen molar-refractivity contribution < 1.29 is 23.9 Å². The minimum atomic E-state index is -0.558. The highest BCUT2D eigenvalue weighted by molar-refractivity contribution is 8.18. The van der Waals surface area contributed by atoms with Crippen LogP contribution in [0.5, 0.6) is 0 Å². The van der Waals surface area contributed by atoms with Gasteiger partial charge in [0.2, 0.25) is 5.91 Å². The van der Waals surface area contributed by atoms with E-state index >= 15 is 0 Å². The molecule has 0 aliphatic carbocycles. The third kappa shape index (κ3) is 3.18. The van der Waals surface area contributed by atoms with E-state index in [9.17, 15) is 19.2 Å². The summed E-state index contributed by atoms with van der Waals surface area (Å²) in [6.07, 6.45) is 0. The number of nitrogens with zero attached hydrogens (tertiary/aromatic N) is 2. The number of hydrogen-bond acceptors (Lipinski definition) is 7. The zero-order valence-corrected chi connectivity index (χ0v) is 16.8. The highest BCUT2D eigenvalue weighted by atomic mass is 32.2. The standard InChI is InChI=1S/C21H15N3O5S/c1-11(25)24-15-10-6-4-8-13(15)16(19(24)27)17-18(26)23-21(30-17)22-14-9-5-3-7-12(14)20(28)29-2/h3-10H,1-2H3,(H,22,23,26)/b17-16-. The third-order valence-corrected chi connectivity index (χ3v) is 5.51. The number of amides is 3. The first-order valence-electron chi connectivity index (χ1n) is 8.86. The average molecular weight is 421 g/mol. The molecule has 0 aromatic heterocycles. The molecular formula is C21H15N3O5S. The number of anilines is 1. The number of imide groups is 1. The third-order valence-electron chi connectivity index (χ3n) is 4.53. The molecule has 4 rings (SSSR count). The van der Waals surface area contributed by atoms with Crippen molar-refractivity contribution in [2.45, 2.75) is 6.92 Å². The zero-order valence-electron chi connectivity index (χ0n) is 16.0. The minimum Gasteiger partial charge on any atom is -0.465 e. The zero-order chi connectivity index (χ0) is 21.4. The maximum absolute atomic E-state index is 12.9. The second-order valence-electron chi connectivity index (χ2n) is 6.36. The number of benzene rings is 2. The second-order valence-corrected chi connectivity index (χ2v) is 7.36. The van der Waals surface area contributed by atoms with Gasteiger partial charge in [0.1, 0.15) is 0 Å². The lowest BCUT2D eigenvalue weighted by Crippen LogP contribution is -2.31. The fraction of sp³-hybridized carbons (Fsp3) is 0.0952. The van der Waals surface area contributed by atoms with Crippen LogP contribution in [0.2, 0.25) is 0 Å². The number of carbonyl (C=O) groups is 4. The molecule has 9 heteroatoms. The largest absolute Gasteiger partial charge is 0.465 e. The molecule has 30 heavy (non-hydrogen) atoms. The van der Waals surface area contributed by atoms with Gasteiger partial charge in [-0.1, -0.05) is 30.3 Å². The Labute approximate surface area is 175 Å². The van der Waals surface area contributed by atoms with E-state index in [1.54, 1.807) is 48.5 Å². The summed E-state index contributed by atoms with van der Waals surface area (Å²) in [4.78, 5) is 55.1. The number of fused-ring (bicyclic) bond motifs is 1. The van der Waals surface area contributed by atoms with Crippen LogP contribution in [0.15, 0.2) is 58.4 Å². The number of para-hydroxylation sites is 2. The molecule has 0 unspecified atom stereocenters. The molecule has 0 radical (unpaired) electrons. The van der Waals surface area contributed by atoms with Gasteiger partial charge >= 0.3 is 5.97 Å². The van der Waals surface area contributed by atoms with Crippen LogP contribution < -0.4 is 10.2 Å². The normalized spacial score (nSPS) is 19.1. The van der Waals surface area contributed by atoms with E-state index in [1.807, 2.05) is 0 Å². The monoisotopic (exact) mass is 421 g/mol. The maximum atomic E-state index is 12.9. The maximum Gasteiger partial charge on any atom is 0.340 e. The minimum absolute atomic E-state index is 0.144. The molecule has 2 aliphatic heterocycles. The molecule has 3 amide bonds. The summed E-state index contributed by atoms with van der Waals surface area (Å²) in [5.74, 6) is -2.05. The van der Waals surface area contributed by atoms with Crippen LogP contribution >= 0.6 is 11.8 Å². The Morgan fingerprint density at radius 1 is 1.07 bits per heavy atom. The van der Waals surface area contributed by atoms with Crippen LogP contribution in [0.1, 0.15) is 22.8 Å². The van der Waals surface area contributed by atoms with Gasteiger partial charge in [-0.15, -0.1) is 0 Å². The van der Waals surface area contributed by atoms with Gasteiger partial charge in [-0.3, -0.25) is 14.4 Å².